The summed E-state index contributed by atoms with van der Waals surface area (Å²) in [5.74, 6) is -0.144. The second kappa shape index (κ2) is 22.1. The third-order valence-corrected chi connectivity index (χ3v) is 8.93. The Hall–Kier alpha value is -4.57. The minimum absolute atomic E-state index is 0.0317. The number of rotatable bonds is 13. The number of allylic oxidation sites excluding steroid dienone is 1. The van der Waals surface area contributed by atoms with E-state index in [0.717, 1.165) is 85.6 Å². The molecule has 55 heavy (non-hydrogen) atoms. The summed E-state index contributed by atoms with van der Waals surface area (Å²) in [6.07, 6.45) is 9.87. The summed E-state index contributed by atoms with van der Waals surface area (Å²) in [6.45, 7) is 16.4. The minimum Gasteiger partial charge on any atom is -0.353 e. The van der Waals surface area contributed by atoms with Crippen LogP contribution in [0.4, 0.5) is 0 Å². The van der Waals surface area contributed by atoms with Crippen molar-refractivity contribution in [3.63, 3.8) is 0 Å². The molecular weight excluding hydrogens is 724 g/mol. The molecule has 6 rings (SSSR count). The summed E-state index contributed by atoms with van der Waals surface area (Å²) in [5.41, 5.74) is 12.2. The van der Waals surface area contributed by atoms with Gasteiger partial charge in [-0.2, -0.15) is 0 Å². The summed E-state index contributed by atoms with van der Waals surface area (Å²) in [4.78, 5) is 21.5. The molecule has 4 unspecified atom stereocenters. The first-order valence-electron chi connectivity index (χ1n) is 18.5. The molecule has 2 aromatic carbocycles. The van der Waals surface area contributed by atoms with Crippen LogP contribution in [0.3, 0.4) is 0 Å². The van der Waals surface area contributed by atoms with Crippen molar-refractivity contribution in [1.29, 1.82) is 0 Å². The first-order valence-corrected chi connectivity index (χ1v) is 18.8. The molecule has 2 fully saturated rings. The van der Waals surface area contributed by atoms with E-state index in [4.69, 9.17) is 36.3 Å². The molecule has 0 radical (unpaired) electrons. The van der Waals surface area contributed by atoms with Gasteiger partial charge in [-0.15, -0.1) is 10.2 Å². The third-order valence-electron chi connectivity index (χ3n) is 8.60. The average molecular weight is 777 g/mol. The fraction of sp³-hybridized carbons (Fsp3) is 0.450. The lowest BCUT2D eigenvalue weighted by Crippen LogP contribution is -2.26. The van der Waals surface area contributed by atoms with Crippen LogP contribution in [0.2, 0.25) is 0 Å². The van der Waals surface area contributed by atoms with Crippen molar-refractivity contribution in [1.82, 2.24) is 35.3 Å². The van der Waals surface area contributed by atoms with Gasteiger partial charge in [0, 0.05) is 30.4 Å². The summed E-state index contributed by atoms with van der Waals surface area (Å²) in [5, 5.41) is 19.0. The zero-order chi connectivity index (χ0) is 39.7. The zero-order valence-corrected chi connectivity index (χ0v) is 32.9. The Bertz CT molecular complexity index is 1800. The van der Waals surface area contributed by atoms with Crippen molar-refractivity contribution in [2.45, 2.75) is 104 Å². The van der Waals surface area contributed by atoms with Crippen LogP contribution < -0.4 is 11.1 Å². The molecule has 2 saturated heterocycles. The molecule has 2 aliphatic rings. The van der Waals surface area contributed by atoms with Crippen molar-refractivity contribution in [2.24, 2.45) is 5.73 Å². The van der Waals surface area contributed by atoms with E-state index < -0.39 is 5.24 Å². The monoisotopic (exact) mass is 776 g/mol. The van der Waals surface area contributed by atoms with E-state index in [2.05, 4.69) is 39.1 Å². The lowest BCUT2D eigenvalue weighted by molar-refractivity contribution is -0.169. The van der Waals surface area contributed by atoms with Crippen LogP contribution in [0.1, 0.15) is 101 Å². The van der Waals surface area contributed by atoms with Gasteiger partial charge in [-0.1, -0.05) is 47.9 Å². The van der Waals surface area contributed by atoms with E-state index in [0.29, 0.717) is 24.4 Å². The molecule has 4 atom stereocenters. The molecule has 0 aliphatic carbocycles. The predicted octanol–water partition coefficient (Wildman–Crippen LogP) is 6.72. The summed E-state index contributed by atoms with van der Waals surface area (Å²) < 4.78 is 26.0. The first kappa shape index (κ1) is 43.2. The smallest absolute Gasteiger partial charge is 0.247 e. The number of halogens is 1. The molecule has 0 saturated carbocycles. The number of nitrogens with zero attached hydrogens (tertiary/aromatic N) is 6. The number of aromatic nitrogens is 6. The van der Waals surface area contributed by atoms with Gasteiger partial charge >= 0.3 is 0 Å². The van der Waals surface area contributed by atoms with Gasteiger partial charge in [0.1, 0.15) is 11.4 Å². The lowest BCUT2D eigenvalue weighted by Gasteiger charge is -2.22. The van der Waals surface area contributed by atoms with Gasteiger partial charge in [0.15, 0.2) is 12.6 Å². The van der Waals surface area contributed by atoms with E-state index in [1.54, 1.807) is 23.2 Å². The molecule has 0 spiro atoms. The number of carbonyl (C=O) groups is 2. The Morgan fingerprint density at radius 2 is 1.24 bits per heavy atom. The SMILES string of the molecule is C=C(C)C(=O)Cl.C=C(C)C(=O)NC(C)c1ccc(-n2cc(COC3CCCCO3)nn2)cc1.CC(N)c1ccc(-n2cc(COC3CCCCO3)nn2)cc1. The second-order valence-electron chi connectivity index (χ2n) is 13.5. The number of nitrogens with two attached hydrogens (primary N) is 1. The Balaban J connectivity index is 0.000000216. The maximum atomic E-state index is 11.7. The Morgan fingerprint density at radius 3 is 1.60 bits per heavy atom. The minimum atomic E-state index is -0.463. The van der Waals surface area contributed by atoms with Gasteiger partial charge < -0.3 is 30.0 Å². The van der Waals surface area contributed by atoms with Crippen LogP contribution >= 0.6 is 11.6 Å². The average Bonchev–Trinajstić information content (AvgIpc) is 3.88. The normalized spacial score (nSPS) is 17.7. The molecule has 14 nitrogen and oxygen atoms in total. The molecule has 1 amide bonds. The van der Waals surface area contributed by atoms with Crippen molar-refractivity contribution >= 4 is 22.8 Å². The predicted molar refractivity (Wildman–Crippen MR) is 209 cm³/mol. The van der Waals surface area contributed by atoms with Crippen molar-refractivity contribution < 1.29 is 28.5 Å². The highest BCUT2D eigenvalue weighted by Gasteiger charge is 2.17. The highest BCUT2D eigenvalue weighted by Crippen LogP contribution is 2.19. The fourth-order valence-electron chi connectivity index (χ4n) is 5.27. The summed E-state index contributed by atoms with van der Waals surface area (Å²) in [6, 6.07) is 15.7. The first-order chi connectivity index (χ1) is 26.4. The van der Waals surface area contributed by atoms with Gasteiger partial charge in [0.25, 0.3) is 0 Å². The molecule has 3 N–H and O–H groups in total. The third kappa shape index (κ3) is 14.5. The van der Waals surface area contributed by atoms with Crippen LogP contribution in [-0.4, -0.2) is 66.9 Å². The van der Waals surface area contributed by atoms with Crippen LogP contribution in [0, 0.1) is 0 Å². The van der Waals surface area contributed by atoms with Crippen LogP contribution in [0.25, 0.3) is 11.4 Å². The highest BCUT2D eigenvalue weighted by atomic mass is 35.5. The topological polar surface area (TPSA) is 171 Å². The molecule has 2 aliphatic heterocycles. The quantitative estimate of drug-likeness (QED) is 0.109. The van der Waals surface area contributed by atoms with E-state index >= 15 is 0 Å². The van der Waals surface area contributed by atoms with Gasteiger partial charge in [-0.3, -0.25) is 9.59 Å². The molecule has 4 aromatic rings. The standard InChI is InChI=1S/C20H26N4O3.C16H22N4O2.C4H5ClO/c1-14(2)20(25)21-15(3)16-7-9-18(10-8-16)24-12-17(22-23-24)13-27-19-6-4-5-11-26-19;1-12(17)13-5-7-15(8-6-13)20-10-14(18-19-20)11-22-16-4-2-3-9-21-16;1-3(2)4(5)6/h7-10,12,15,19H,1,4-6,11,13H2,2-3H3,(H,21,25);5-8,10,12,16H,2-4,9,11,17H2,1H3;1H2,2H3. The molecule has 15 heteroatoms. The second-order valence-corrected chi connectivity index (χ2v) is 13.9. The number of nitrogens with one attached hydrogen (secondary N) is 1. The van der Waals surface area contributed by atoms with E-state index in [-0.39, 0.29) is 30.6 Å². The fourth-order valence-corrected chi connectivity index (χ4v) is 5.27. The lowest BCUT2D eigenvalue weighted by atomic mass is 10.1. The van der Waals surface area contributed by atoms with Crippen LogP contribution in [-0.2, 0) is 41.8 Å². The van der Waals surface area contributed by atoms with Gasteiger partial charge in [-0.05, 0) is 113 Å². The largest absolute Gasteiger partial charge is 0.353 e. The number of amides is 1. The molecule has 296 valence electrons. The highest BCUT2D eigenvalue weighted by molar-refractivity contribution is 6.67. The molecule has 0 bridgehead atoms. The number of ether oxygens (including phenoxy) is 4. The van der Waals surface area contributed by atoms with E-state index in [9.17, 15) is 9.59 Å². The maximum absolute atomic E-state index is 11.7. The Kier molecular flexibility index (Phi) is 17.3. The van der Waals surface area contributed by atoms with Gasteiger partial charge in [-0.25, -0.2) is 9.36 Å². The van der Waals surface area contributed by atoms with Crippen molar-refractivity contribution in [3.8, 4) is 11.4 Å². The van der Waals surface area contributed by atoms with E-state index in [1.807, 2.05) is 74.8 Å². The molecule has 2 aromatic heterocycles. The summed E-state index contributed by atoms with van der Waals surface area (Å²) in [7, 11) is 0. The maximum Gasteiger partial charge on any atom is 0.247 e. The number of hydrogen-bond acceptors (Lipinski definition) is 11. The summed E-state index contributed by atoms with van der Waals surface area (Å²) >= 11 is 4.87. The Labute approximate surface area is 328 Å². The van der Waals surface area contributed by atoms with Crippen LogP contribution in [0.15, 0.2) is 85.2 Å². The van der Waals surface area contributed by atoms with Crippen molar-refractivity contribution in [3.05, 3.63) is 108 Å². The number of carbonyl (C=O) groups excluding carboxylic acids is 2. The van der Waals surface area contributed by atoms with E-state index in [1.165, 1.54) is 0 Å². The molecule has 4 heterocycles. The number of benzene rings is 2. The zero-order valence-electron chi connectivity index (χ0n) is 32.2. The van der Waals surface area contributed by atoms with Crippen molar-refractivity contribution in [2.75, 3.05) is 13.2 Å². The Morgan fingerprint density at radius 1 is 0.800 bits per heavy atom. The molecular formula is C40H53ClN8O6. The van der Waals surface area contributed by atoms with Crippen LogP contribution in [0.5, 0.6) is 0 Å². The van der Waals surface area contributed by atoms with Gasteiger partial charge in [0.05, 0.1) is 43.0 Å². The van der Waals surface area contributed by atoms with Gasteiger partial charge in [0.2, 0.25) is 11.1 Å². The number of hydrogen-bond donors (Lipinski definition) is 2.